The molecule has 0 unspecified atom stereocenters. The Morgan fingerprint density at radius 2 is 2.24 bits per heavy atom. The molecule has 0 aliphatic carbocycles. The van der Waals surface area contributed by atoms with Crippen LogP contribution in [-0.4, -0.2) is 28.3 Å². The van der Waals surface area contributed by atoms with Crippen molar-refractivity contribution in [2.24, 2.45) is 5.73 Å². The van der Waals surface area contributed by atoms with Gasteiger partial charge in [0, 0.05) is 24.0 Å². The van der Waals surface area contributed by atoms with Crippen molar-refractivity contribution < 1.29 is 14.8 Å². The third-order valence-electron chi connectivity index (χ3n) is 2.00. The molecule has 92 valence electrons. The van der Waals surface area contributed by atoms with E-state index in [1.54, 1.807) is 0 Å². The van der Waals surface area contributed by atoms with E-state index < -0.39 is 10.8 Å². The largest absolute Gasteiger partial charge is 0.396 e. The molecule has 0 aliphatic heterocycles. The molecule has 17 heavy (non-hydrogen) atoms. The fraction of sp³-hybridized carbons (Fsp3) is 0.300. The number of aliphatic hydroxyl groups is 1. The van der Waals surface area contributed by atoms with Gasteiger partial charge in [0.05, 0.1) is 9.82 Å². The highest BCUT2D eigenvalue weighted by Gasteiger charge is 2.16. The van der Waals surface area contributed by atoms with Crippen molar-refractivity contribution >= 4 is 23.4 Å². The number of carbonyl (C=O) groups excluding carboxylic acids is 1. The van der Waals surface area contributed by atoms with Crippen LogP contribution in [0.2, 0.25) is 0 Å². The van der Waals surface area contributed by atoms with Crippen LogP contribution in [0.15, 0.2) is 23.1 Å². The third kappa shape index (κ3) is 3.72. The summed E-state index contributed by atoms with van der Waals surface area (Å²) in [6, 6.07) is 4.13. The Bertz CT molecular complexity index is 436. The number of thioether (sulfide) groups is 1. The van der Waals surface area contributed by atoms with Crippen LogP contribution >= 0.6 is 11.8 Å². The van der Waals surface area contributed by atoms with E-state index in [2.05, 4.69) is 0 Å². The van der Waals surface area contributed by atoms with Crippen molar-refractivity contribution in [2.75, 3.05) is 12.4 Å². The standard InChI is InChI=1S/C10H12N2O4S/c11-10(14)7-2-3-9(17-5-1-4-13)8(6-7)12(15)16/h2-3,6,13H,1,4-5H2,(H2,11,14). The van der Waals surface area contributed by atoms with Crippen LogP contribution in [0.5, 0.6) is 0 Å². The van der Waals surface area contributed by atoms with E-state index >= 15 is 0 Å². The molecule has 7 heteroatoms. The highest BCUT2D eigenvalue weighted by atomic mass is 32.2. The Morgan fingerprint density at radius 3 is 2.76 bits per heavy atom. The minimum atomic E-state index is -0.694. The fourth-order valence-electron chi connectivity index (χ4n) is 1.18. The predicted molar refractivity (Wildman–Crippen MR) is 64.0 cm³/mol. The molecule has 1 aromatic carbocycles. The fourth-order valence-corrected chi connectivity index (χ4v) is 2.12. The normalized spacial score (nSPS) is 10.2. The molecule has 1 rings (SSSR count). The van der Waals surface area contributed by atoms with Crippen molar-refractivity contribution in [2.45, 2.75) is 11.3 Å². The zero-order valence-electron chi connectivity index (χ0n) is 8.96. The summed E-state index contributed by atoms with van der Waals surface area (Å²) in [7, 11) is 0. The number of benzene rings is 1. The second kappa shape index (κ2) is 6.21. The molecule has 0 heterocycles. The maximum Gasteiger partial charge on any atom is 0.283 e. The minimum absolute atomic E-state index is 0.0418. The molecule has 0 radical (unpaired) electrons. The van der Waals surface area contributed by atoms with E-state index in [1.807, 2.05) is 0 Å². The number of nitrogens with zero attached hydrogens (tertiary/aromatic N) is 1. The highest BCUT2D eigenvalue weighted by molar-refractivity contribution is 7.99. The molecule has 0 bridgehead atoms. The lowest BCUT2D eigenvalue weighted by molar-refractivity contribution is -0.387. The first-order valence-electron chi connectivity index (χ1n) is 4.88. The van der Waals surface area contributed by atoms with Crippen molar-refractivity contribution in [3.8, 4) is 0 Å². The van der Waals surface area contributed by atoms with Gasteiger partial charge in [-0.3, -0.25) is 14.9 Å². The Kier molecular flexibility index (Phi) is 4.92. The topological polar surface area (TPSA) is 106 Å². The summed E-state index contributed by atoms with van der Waals surface area (Å²) in [4.78, 5) is 21.6. The zero-order valence-corrected chi connectivity index (χ0v) is 9.77. The summed E-state index contributed by atoms with van der Waals surface area (Å²) in [5.41, 5.74) is 5.03. The molecular weight excluding hydrogens is 244 g/mol. The number of hydrogen-bond donors (Lipinski definition) is 2. The lowest BCUT2D eigenvalue weighted by atomic mass is 10.2. The predicted octanol–water partition coefficient (Wildman–Crippen LogP) is 1.17. The smallest absolute Gasteiger partial charge is 0.283 e. The van der Waals surface area contributed by atoms with E-state index in [9.17, 15) is 14.9 Å². The summed E-state index contributed by atoms with van der Waals surface area (Å²) in [5, 5.41) is 19.5. The zero-order chi connectivity index (χ0) is 12.8. The number of amides is 1. The molecule has 1 aromatic rings. The molecule has 0 saturated carbocycles. The van der Waals surface area contributed by atoms with Crippen LogP contribution in [0.4, 0.5) is 5.69 Å². The van der Waals surface area contributed by atoms with E-state index in [1.165, 1.54) is 30.0 Å². The van der Waals surface area contributed by atoms with Gasteiger partial charge in [-0.25, -0.2) is 0 Å². The van der Waals surface area contributed by atoms with E-state index in [0.717, 1.165) is 0 Å². The monoisotopic (exact) mass is 256 g/mol. The number of nitro benzene ring substituents is 1. The Labute approximate surface area is 102 Å². The van der Waals surface area contributed by atoms with Crippen LogP contribution in [0.3, 0.4) is 0 Å². The maximum absolute atomic E-state index is 10.9. The van der Waals surface area contributed by atoms with Gasteiger partial charge in [0.1, 0.15) is 0 Å². The summed E-state index contributed by atoms with van der Waals surface area (Å²) in [6.45, 7) is 0.0418. The van der Waals surface area contributed by atoms with Gasteiger partial charge in [0.15, 0.2) is 0 Å². The van der Waals surface area contributed by atoms with Gasteiger partial charge in [0.2, 0.25) is 5.91 Å². The second-order valence-electron chi connectivity index (χ2n) is 3.23. The summed E-state index contributed by atoms with van der Waals surface area (Å²) in [5.74, 6) is -0.118. The van der Waals surface area contributed by atoms with Crippen LogP contribution < -0.4 is 5.73 Å². The van der Waals surface area contributed by atoms with Gasteiger partial charge in [0.25, 0.3) is 5.69 Å². The first-order valence-corrected chi connectivity index (χ1v) is 5.86. The molecule has 6 nitrogen and oxygen atoms in total. The van der Waals surface area contributed by atoms with Gasteiger partial charge in [-0.15, -0.1) is 11.8 Å². The first kappa shape index (κ1) is 13.5. The quantitative estimate of drug-likeness (QED) is 0.344. The number of primary amides is 1. The van der Waals surface area contributed by atoms with Crippen LogP contribution in [-0.2, 0) is 0 Å². The van der Waals surface area contributed by atoms with Gasteiger partial charge in [-0.1, -0.05) is 0 Å². The third-order valence-corrected chi connectivity index (χ3v) is 3.15. The van der Waals surface area contributed by atoms with E-state index in [4.69, 9.17) is 10.8 Å². The van der Waals surface area contributed by atoms with Gasteiger partial charge in [-0.2, -0.15) is 0 Å². The molecule has 0 fully saturated rings. The number of rotatable bonds is 6. The highest BCUT2D eigenvalue weighted by Crippen LogP contribution is 2.30. The van der Waals surface area contributed by atoms with Crippen molar-refractivity contribution in [3.63, 3.8) is 0 Å². The molecular formula is C10H12N2O4S. The van der Waals surface area contributed by atoms with Crippen molar-refractivity contribution in [1.29, 1.82) is 0 Å². The Balaban J connectivity index is 2.96. The number of carbonyl (C=O) groups is 1. The van der Waals surface area contributed by atoms with E-state index in [0.29, 0.717) is 17.1 Å². The summed E-state index contributed by atoms with van der Waals surface area (Å²) < 4.78 is 0. The number of aliphatic hydroxyl groups excluding tert-OH is 1. The van der Waals surface area contributed by atoms with Gasteiger partial charge in [-0.05, 0) is 18.6 Å². The molecule has 1 amide bonds. The molecule has 0 saturated heterocycles. The number of nitro groups is 1. The van der Waals surface area contributed by atoms with Crippen LogP contribution in [0.25, 0.3) is 0 Å². The lowest BCUT2D eigenvalue weighted by Crippen LogP contribution is -2.11. The van der Waals surface area contributed by atoms with Gasteiger partial charge >= 0.3 is 0 Å². The van der Waals surface area contributed by atoms with Crippen LogP contribution in [0, 0.1) is 10.1 Å². The SMILES string of the molecule is NC(=O)c1ccc(SCCCO)c([N+](=O)[O-])c1. The number of hydrogen-bond acceptors (Lipinski definition) is 5. The Morgan fingerprint density at radius 1 is 1.53 bits per heavy atom. The van der Waals surface area contributed by atoms with Crippen molar-refractivity contribution in [1.82, 2.24) is 0 Å². The van der Waals surface area contributed by atoms with Gasteiger partial charge < -0.3 is 10.8 Å². The van der Waals surface area contributed by atoms with Crippen molar-refractivity contribution in [3.05, 3.63) is 33.9 Å². The summed E-state index contributed by atoms with van der Waals surface area (Å²) in [6.07, 6.45) is 0.555. The van der Waals surface area contributed by atoms with E-state index in [-0.39, 0.29) is 17.9 Å². The molecule has 0 atom stereocenters. The Hall–Kier alpha value is -1.60. The minimum Gasteiger partial charge on any atom is -0.396 e. The van der Waals surface area contributed by atoms with Crippen LogP contribution in [0.1, 0.15) is 16.8 Å². The number of nitrogens with two attached hydrogens (primary N) is 1. The average Bonchev–Trinajstić information content (AvgIpc) is 2.29. The second-order valence-corrected chi connectivity index (χ2v) is 4.37. The molecule has 0 spiro atoms. The molecule has 3 N–H and O–H groups in total. The molecule has 0 aromatic heterocycles. The maximum atomic E-state index is 10.9. The average molecular weight is 256 g/mol. The summed E-state index contributed by atoms with van der Waals surface area (Å²) >= 11 is 1.27. The first-order chi connectivity index (χ1) is 8.06. The molecule has 0 aliphatic rings. The lowest BCUT2D eigenvalue weighted by Gasteiger charge is -2.03.